The lowest BCUT2D eigenvalue weighted by Crippen LogP contribution is -2.12. The molecule has 0 amide bonds. The van der Waals surface area contributed by atoms with Crippen LogP contribution in [0.25, 0.3) is 10.2 Å². The highest BCUT2D eigenvalue weighted by atomic mass is 35.5. The number of hydrogen-bond acceptors (Lipinski definition) is 3. The van der Waals surface area contributed by atoms with Crippen LogP contribution in [0.3, 0.4) is 0 Å². The standard InChI is InChI=1S/C14H19ClN2OS/c1-7(2)5-9-11-13(18)16-10(6-15)17-14(11)19-12(9)8(3)4/h7-8H,5-6H2,1-4H3,(H,16,17,18). The van der Waals surface area contributed by atoms with Gasteiger partial charge in [0.25, 0.3) is 5.56 Å². The molecule has 0 unspecified atom stereocenters. The average molecular weight is 299 g/mol. The highest BCUT2D eigenvalue weighted by Crippen LogP contribution is 2.34. The SMILES string of the molecule is CC(C)Cc1c(C(C)C)sc2nc(CCl)[nH]c(=O)c12. The van der Waals surface area contributed by atoms with E-state index in [9.17, 15) is 4.79 Å². The van der Waals surface area contributed by atoms with Crippen LogP contribution >= 0.6 is 22.9 Å². The van der Waals surface area contributed by atoms with Crippen molar-refractivity contribution in [1.29, 1.82) is 0 Å². The Bertz CT molecular complexity index is 643. The molecule has 0 atom stereocenters. The van der Waals surface area contributed by atoms with Crippen LogP contribution in [-0.4, -0.2) is 9.97 Å². The number of halogens is 1. The van der Waals surface area contributed by atoms with Crippen molar-refractivity contribution in [3.05, 3.63) is 26.6 Å². The summed E-state index contributed by atoms with van der Waals surface area (Å²) in [5, 5.41) is 0.760. The summed E-state index contributed by atoms with van der Waals surface area (Å²) in [7, 11) is 0. The number of hydrogen-bond donors (Lipinski definition) is 1. The fourth-order valence-electron chi connectivity index (χ4n) is 2.27. The quantitative estimate of drug-likeness (QED) is 0.866. The maximum absolute atomic E-state index is 12.2. The molecule has 3 nitrogen and oxygen atoms in total. The number of nitrogens with zero attached hydrogens (tertiary/aromatic N) is 1. The molecule has 0 aromatic carbocycles. The van der Waals surface area contributed by atoms with Gasteiger partial charge in [-0.3, -0.25) is 4.79 Å². The molecule has 2 aromatic heterocycles. The van der Waals surface area contributed by atoms with Crippen molar-refractivity contribution in [1.82, 2.24) is 9.97 Å². The fourth-order valence-corrected chi connectivity index (χ4v) is 3.62. The summed E-state index contributed by atoms with van der Waals surface area (Å²) in [6.07, 6.45) is 0.915. The number of alkyl halides is 1. The molecule has 19 heavy (non-hydrogen) atoms. The Balaban J connectivity index is 2.74. The van der Waals surface area contributed by atoms with Gasteiger partial charge in [-0.15, -0.1) is 22.9 Å². The molecule has 0 aliphatic heterocycles. The monoisotopic (exact) mass is 298 g/mol. The molecule has 1 N–H and O–H groups in total. The minimum Gasteiger partial charge on any atom is -0.309 e. The van der Waals surface area contributed by atoms with E-state index in [-0.39, 0.29) is 11.4 Å². The molecule has 0 aliphatic carbocycles. The maximum atomic E-state index is 12.2. The van der Waals surface area contributed by atoms with Crippen LogP contribution in [-0.2, 0) is 12.3 Å². The Kier molecular flexibility index (Phi) is 4.31. The number of rotatable bonds is 4. The first-order valence-corrected chi connectivity index (χ1v) is 7.89. The van der Waals surface area contributed by atoms with Crippen LogP contribution in [0.2, 0.25) is 0 Å². The van der Waals surface area contributed by atoms with E-state index in [0.29, 0.717) is 17.7 Å². The largest absolute Gasteiger partial charge is 0.309 e. The maximum Gasteiger partial charge on any atom is 0.259 e. The van der Waals surface area contributed by atoms with E-state index in [4.69, 9.17) is 11.6 Å². The van der Waals surface area contributed by atoms with Gasteiger partial charge in [-0.1, -0.05) is 27.7 Å². The first-order chi connectivity index (χ1) is 8.93. The van der Waals surface area contributed by atoms with E-state index in [0.717, 1.165) is 16.6 Å². The molecule has 0 aliphatic rings. The highest BCUT2D eigenvalue weighted by Gasteiger charge is 2.19. The Morgan fingerprint density at radius 1 is 1.32 bits per heavy atom. The summed E-state index contributed by atoms with van der Waals surface area (Å²) in [5.41, 5.74) is 1.11. The minimum atomic E-state index is -0.0561. The summed E-state index contributed by atoms with van der Waals surface area (Å²) in [5.74, 6) is 1.71. The van der Waals surface area contributed by atoms with Gasteiger partial charge in [0.1, 0.15) is 10.7 Å². The molecule has 0 fully saturated rings. The summed E-state index contributed by atoms with van der Waals surface area (Å²) in [6.45, 7) is 8.65. The third-order valence-corrected chi connectivity index (χ3v) is 4.68. The van der Waals surface area contributed by atoms with Gasteiger partial charge in [-0.25, -0.2) is 4.98 Å². The first kappa shape index (κ1) is 14.5. The second-order valence-electron chi connectivity index (χ2n) is 5.52. The van der Waals surface area contributed by atoms with Crippen molar-refractivity contribution in [3.8, 4) is 0 Å². The zero-order valence-corrected chi connectivity index (χ0v) is 13.3. The molecule has 0 saturated heterocycles. The number of H-pyrrole nitrogens is 1. The average Bonchev–Trinajstić information content (AvgIpc) is 2.67. The molecule has 0 bridgehead atoms. The van der Waals surface area contributed by atoms with Gasteiger partial charge in [-0.2, -0.15) is 0 Å². The number of aromatic amines is 1. The zero-order chi connectivity index (χ0) is 14.2. The summed E-state index contributed by atoms with van der Waals surface area (Å²) in [4.78, 5) is 21.6. The predicted molar refractivity (Wildman–Crippen MR) is 82.4 cm³/mol. The zero-order valence-electron chi connectivity index (χ0n) is 11.7. The van der Waals surface area contributed by atoms with E-state index in [2.05, 4.69) is 37.7 Å². The second kappa shape index (κ2) is 5.63. The Morgan fingerprint density at radius 3 is 2.53 bits per heavy atom. The van der Waals surface area contributed by atoms with Crippen LogP contribution in [0.4, 0.5) is 0 Å². The van der Waals surface area contributed by atoms with Crippen molar-refractivity contribution >= 4 is 33.2 Å². The van der Waals surface area contributed by atoms with Crippen molar-refractivity contribution in [3.63, 3.8) is 0 Å². The van der Waals surface area contributed by atoms with Gasteiger partial charge in [0.15, 0.2) is 0 Å². The Labute approximate surface area is 122 Å². The summed E-state index contributed by atoms with van der Waals surface area (Å²) >= 11 is 7.39. The third-order valence-electron chi connectivity index (χ3n) is 3.00. The topological polar surface area (TPSA) is 45.8 Å². The molecule has 0 spiro atoms. The van der Waals surface area contributed by atoms with Gasteiger partial charge in [0, 0.05) is 4.88 Å². The summed E-state index contributed by atoms with van der Waals surface area (Å²) in [6, 6.07) is 0. The smallest absolute Gasteiger partial charge is 0.259 e. The van der Waals surface area contributed by atoms with E-state index >= 15 is 0 Å². The molecular weight excluding hydrogens is 280 g/mol. The second-order valence-corrected chi connectivity index (χ2v) is 6.82. The molecule has 2 heterocycles. The Morgan fingerprint density at radius 2 is 2.00 bits per heavy atom. The van der Waals surface area contributed by atoms with Crippen LogP contribution in [0, 0.1) is 5.92 Å². The van der Waals surface area contributed by atoms with Crippen LogP contribution in [0.5, 0.6) is 0 Å². The number of fused-ring (bicyclic) bond motifs is 1. The van der Waals surface area contributed by atoms with Crippen molar-refractivity contribution < 1.29 is 0 Å². The minimum absolute atomic E-state index is 0.0561. The van der Waals surface area contributed by atoms with Crippen molar-refractivity contribution in [2.24, 2.45) is 5.92 Å². The normalized spacial score (nSPS) is 11.9. The number of nitrogens with one attached hydrogen (secondary N) is 1. The van der Waals surface area contributed by atoms with Crippen LogP contribution < -0.4 is 5.56 Å². The number of aromatic nitrogens is 2. The van der Waals surface area contributed by atoms with Gasteiger partial charge < -0.3 is 4.98 Å². The van der Waals surface area contributed by atoms with Gasteiger partial charge in [0.2, 0.25) is 0 Å². The fraction of sp³-hybridized carbons (Fsp3) is 0.571. The van der Waals surface area contributed by atoms with E-state index in [1.807, 2.05) is 0 Å². The lowest BCUT2D eigenvalue weighted by Gasteiger charge is -2.09. The van der Waals surface area contributed by atoms with Crippen molar-refractivity contribution in [2.75, 3.05) is 0 Å². The van der Waals surface area contributed by atoms with Crippen LogP contribution in [0.15, 0.2) is 4.79 Å². The predicted octanol–water partition coefficient (Wildman–Crippen LogP) is 4.05. The van der Waals surface area contributed by atoms with Gasteiger partial charge in [0.05, 0.1) is 11.3 Å². The van der Waals surface area contributed by atoms with E-state index < -0.39 is 0 Å². The van der Waals surface area contributed by atoms with Crippen LogP contribution in [0.1, 0.15) is 49.9 Å². The van der Waals surface area contributed by atoms with Gasteiger partial charge >= 0.3 is 0 Å². The van der Waals surface area contributed by atoms with E-state index in [1.54, 1.807) is 11.3 Å². The highest BCUT2D eigenvalue weighted by molar-refractivity contribution is 7.18. The molecule has 0 saturated carbocycles. The van der Waals surface area contributed by atoms with Gasteiger partial charge in [-0.05, 0) is 23.8 Å². The lowest BCUT2D eigenvalue weighted by molar-refractivity contribution is 0.644. The molecule has 104 valence electrons. The Hall–Kier alpha value is -0.870. The molecule has 2 aromatic rings. The molecular formula is C14H19ClN2OS. The summed E-state index contributed by atoms with van der Waals surface area (Å²) < 4.78 is 0. The molecule has 5 heteroatoms. The first-order valence-electron chi connectivity index (χ1n) is 6.54. The molecule has 2 rings (SSSR count). The molecule has 0 radical (unpaired) electrons. The lowest BCUT2D eigenvalue weighted by atomic mass is 9.97. The third kappa shape index (κ3) is 2.84. The van der Waals surface area contributed by atoms with Crippen molar-refractivity contribution in [2.45, 2.75) is 45.9 Å². The number of thiophene rings is 1. The van der Waals surface area contributed by atoms with E-state index in [1.165, 1.54) is 10.4 Å².